The van der Waals surface area contributed by atoms with Crippen LogP contribution in [-0.2, 0) is 0 Å². The van der Waals surface area contributed by atoms with Gasteiger partial charge in [0.2, 0.25) is 11.9 Å². The van der Waals surface area contributed by atoms with Crippen LogP contribution < -0.4 is 4.85 Å². The van der Waals surface area contributed by atoms with Crippen LogP contribution in [0.1, 0.15) is 0 Å². The van der Waals surface area contributed by atoms with E-state index < -0.39 is 37.6 Å². The average molecular weight is 296 g/mol. The van der Waals surface area contributed by atoms with Crippen LogP contribution in [0, 0.1) is 35.6 Å². The molecule has 0 bridgehead atoms. The molecule has 1 heterocycles. The summed E-state index contributed by atoms with van der Waals surface area (Å²) >= 11 is 0. The average Bonchev–Trinajstić information content (AvgIpc) is 2.80. The van der Waals surface area contributed by atoms with Gasteiger partial charge in [-0.25, -0.2) is 0 Å². The van der Waals surface area contributed by atoms with Crippen molar-refractivity contribution in [3.05, 3.63) is 59.9 Å². The van der Waals surface area contributed by atoms with E-state index in [0.29, 0.717) is 17.1 Å². The summed E-state index contributed by atoms with van der Waals surface area (Å²) in [5.41, 5.74) is -1.79. The summed E-state index contributed by atoms with van der Waals surface area (Å²) in [6.45, 7) is 0. The van der Waals surface area contributed by atoms with Crippen LogP contribution in [0.15, 0.2) is 24.4 Å². The molecule has 21 heavy (non-hydrogen) atoms. The molecule has 1 aromatic heterocycles. The minimum absolute atomic E-state index is 0.0910. The largest absolute Gasteiger partial charge is 0.692 e. The van der Waals surface area contributed by atoms with Gasteiger partial charge in [0.05, 0.1) is 15.9 Å². The SMILES string of the molecule is O=[N+]([O-])c1ccc(-n2nc([N+](=O)[O-])c[n+]2[O-])c([N+](=O)[O-])c1. The van der Waals surface area contributed by atoms with Gasteiger partial charge < -0.3 is 15.3 Å². The maximum Gasteiger partial charge on any atom is 0.434 e. The van der Waals surface area contributed by atoms with E-state index >= 15 is 0 Å². The fraction of sp³-hybridized carbons (Fsp3) is 0. The number of nitrogens with zero attached hydrogens (tertiary/aromatic N) is 6. The molecule has 2 rings (SSSR count). The molecule has 0 aliphatic rings. The van der Waals surface area contributed by atoms with Gasteiger partial charge in [0, 0.05) is 10.9 Å². The van der Waals surface area contributed by atoms with Crippen molar-refractivity contribution >= 4 is 17.2 Å². The third-order valence-corrected chi connectivity index (χ3v) is 2.38. The van der Waals surface area contributed by atoms with Gasteiger partial charge in [0.1, 0.15) is 5.10 Å². The second kappa shape index (κ2) is 4.80. The zero-order chi connectivity index (χ0) is 15.7. The molecule has 0 spiro atoms. The predicted octanol–water partition coefficient (Wildman–Crippen LogP) is 0.230. The minimum atomic E-state index is -0.962. The molecule has 0 amide bonds. The maximum absolute atomic E-state index is 11.5. The maximum atomic E-state index is 11.5. The molecule has 0 aliphatic carbocycles. The summed E-state index contributed by atoms with van der Waals surface area (Å²) in [5, 5.41) is 46.8. The lowest BCUT2D eigenvalue weighted by Gasteiger charge is -2.02. The van der Waals surface area contributed by atoms with Crippen LogP contribution in [0.4, 0.5) is 17.2 Å². The van der Waals surface area contributed by atoms with Gasteiger partial charge in [-0.2, -0.15) is 0 Å². The van der Waals surface area contributed by atoms with Crippen molar-refractivity contribution in [1.29, 1.82) is 0 Å². The second-order valence-electron chi connectivity index (χ2n) is 3.62. The van der Waals surface area contributed by atoms with Crippen LogP contribution in [0.25, 0.3) is 5.69 Å². The highest BCUT2D eigenvalue weighted by atomic mass is 16.6. The molecule has 0 atom stereocenters. The first-order chi connectivity index (χ1) is 9.81. The monoisotopic (exact) mass is 296 g/mol. The summed E-state index contributed by atoms with van der Waals surface area (Å²) < 4.78 is 0. The Kier molecular flexibility index (Phi) is 3.15. The lowest BCUT2D eigenvalue weighted by molar-refractivity contribution is -0.689. The standard InChI is InChI=1S/C8H4N6O7/c15-10-4-8(14(20)21)9-11(10)6-2-1-5(12(16)17)3-7(6)13(18)19/h1-4H. The Bertz CT molecular complexity index is 768. The molecule has 0 fully saturated rings. The van der Waals surface area contributed by atoms with Gasteiger partial charge in [-0.3, -0.25) is 20.2 Å². The molecule has 0 aliphatic heterocycles. The molecule has 2 aromatic rings. The highest BCUT2D eigenvalue weighted by molar-refractivity contribution is 5.56. The summed E-state index contributed by atoms with van der Waals surface area (Å²) in [7, 11) is 0. The van der Waals surface area contributed by atoms with Crippen molar-refractivity contribution in [2.45, 2.75) is 0 Å². The molecule has 13 heteroatoms. The fourth-order valence-corrected chi connectivity index (χ4v) is 1.50. The molecule has 0 N–H and O–H groups in total. The van der Waals surface area contributed by atoms with E-state index in [-0.39, 0.29) is 4.85 Å². The van der Waals surface area contributed by atoms with E-state index in [1.54, 1.807) is 0 Å². The molecular formula is C8H4N6O7. The molecule has 0 radical (unpaired) electrons. The number of nitro groups is 3. The van der Waals surface area contributed by atoms with Crippen molar-refractivity contribution in [2.24, 2.45) is 0 Å². The van der Waals surface area contributed by atoms with E-state index in [1.165, 1.54) is 0 Å². The van der Waals surface area contributed by atoms with Crippen LogP contribution in [0.5, 0.6) is 0 Å². The topological polar surface area (TPSA) is 174 Å². The third-order valence-electron chi connectivity index (χ3n) is 2.38. The van der Waals surface area contributed by atoms with Crippen molar-refractivity contribution in [2.75, 3.05) is 0 Å². The van der Waals surface area contributed by atoms with Crippen LogP contribution in [-0.4, -0.2) is 24.7 Å². The van der Waals surface area contributed by atoms with Gasteiger partial charge in [-0.05, 0) is 11.0 Å². The quantitative estimate of drug-likeness (QED) is 0.333. The van der Waals surface area contributed by atoms with E-state index in [4.69, 9.17) is 0 Å². The normalized spacial score (nSPS) is 10.3. The Morgan fingerprint density at radius 2 is 1.71 bits per heavy atom. The summed E-state index contributed by atoms with van der Waals surface area (Å²) in [6, 6.07) is 2.44. The smallest absolute Gasteiger partial charge is 0.434 e. The number of aromatic nitrogens is 3. The Hall–Kier alpha value is -3.64. The zero-order valence-corrected chi connectivity index (χ0v) is 9.85. The molecule has 0 saturated carbocycles. The Morgan fingerprint density at radius 3 is 2.19 bits per heavy atom. The third kappa shape index (κ3) is 2.42. The van der Waals surface area contributed by atoms with E-state index in [9.17, 15) is 35.6 Å². The van der Waals surface area contributed by atoms with Crippen molar-refractivity contribution in [3.8, 4) is 5.69 Å². The van der Waals surface area contributed by atoms with Gasteiger partial charge in [0.15, 0.2) is 0 Å². The fourth-order valence-electron chi connectivity index (χ4n) is 1.50. The molecular weight excluding hydrogens is 292 g/mol. The second-order valence-corrected chi connectivity index (χ2v) is 3.62. The van der Waals surface area contributed by atoms with Gasteiger partial charge in [0.25, 0.3) is 5.69 Å². The number of hydrogen-bond donors (Lipinski definition) is 0. The van der Waals surface area contributed by atoms with Crippen LogP contribution >= 0.6 is 0 Å². The summed E-state index contributed by atoms with van der Waals surface area (Å²) in [5.74, 6) is -0.822. The Balaban J connectivity index is 2.66. The van der Waals surface area contributed by atoms with E-state index in [1.807, 2.05) is 0 Å². The van der Waals surface area contributed by atoms with Crippen molar-refractivity contribution in [3.63, 3.8) is 0 Å². The van der Waals surface area contributed by atoms with E-state index in [0.717, 1.165) is 12.1 Å². The molecule has 13 nitrogen and oxygen atoms in total. The predicted molar refractivity (Wildman–Crippen MR) is 62.5 cm³/mol. The minimum Gasteiger partial charge on any atom is -0.692 e. The van der Waals surface area contributed by atoms with Crippen LogP contribution in [0.3, 0.4) is 0 Å². The zero-order valence-electron chi connectivity index (χ0n) is 9.85. The first kappa shape index (κ1) is 13.8. The highest BCUT2D eigenvalue weighted by Gasteiger charge is 2.27. The summed E-state index contributed by atoms with van der Waals surface area (Å²) in [6.07, 6.45) is 0.505. The van der Waals surface area contributed by atoms with Crippen molar-refractivity contribution in [1.82, 2.24) is 9.90 Å². The Labute approximate surface area is 113 Å². The highest BCUT2D eigenvalue weighted by Crippen LogP contribution is 2.26. The van der Waals surface area contributed by atoms with Crippen LogP contribution in [0.2, 0.25) is 0 Å². The van der Waals surface area contributed by atoms with Crippen molar-refractivity contribution < 1.29 is 19.6 Å². The molecule has 0 saturated heterocycles. The number of non-ortho nitro benzene ring substituents is 1. The Morgan fingerprint density at radius 1 is 1.05 bits per heavy atom. The van der Waals surface area contributed by atoms with Gasteiger partial charge >= 0.3 is 11.5 Å². The van der Waals surface area contributed by atoms with Gasteiger partial charge in [-0.1, -0.05) is 0 Å². The first-order valence-corrected chi connectivity index (χ1v) is 5.08. The molecule has 0 unspecified atom stereocenters. The first-order valence-electron chi connectivity index (χ1n) is 5.08. The lowest BCUT2D eigenvalue weighted by Crippen LogP contribution is -2.36. The molecule has 108 valence electrons. The molecule has 1 aromatic carbocycles. The number of rotatable bonds is 4. The number of hydrogen-bond acceptors (Lipinski definition) is 8. The number of nitro benzene ring substituents is 2. The number of benzene rings is 1. The lowest BCUT2D eigenvalue weighted by atomic mass is 10.2. The van der Waals surface area contributed by atoms with Gasteiger partial charge in [-0.15, -0.1) is 4.85 Å². The summed E-state index contributed by atoms with van der Waals surface area (Å²) in [4.78, 5) is 29.5. The van der Waals surface area contributed by atoms with E-state index in [2.05, 4.69) is 5.10 Å².